The molecule has 1 saturated heterocycles. The Morgan fingerprint density at radius 1 is 1.39 bits per heavy atom. The Labute approximate surface area is 107 Å². The molecule has 0 aliphatic carbocycles. The van der Waals surface area contributed by atoms with E-state index < -0.39 is 12.1 Å². The molecule has 1 aliphatic rings. The largest absolute Gasteiger partial charge is 0.404 e. The average Bonchev–Trinajstić information content (AvgIpc) is 2.91. The average molecular weight is 251 g/mol. The molecule has 5 heteroatoms. The van der Waals surface area contributed by atoms with Crippen molar-refractivity contribution in [3.05, 3.63) is 36.6 Å². The number of likely N-dealkylation sites (tertiary alicyclic amines) is 1. The number of hydrogen-bond acceptors (Lipinski definition) is 4. The summed E-state index contributed by atoms with van der Waals surface area (Å²) < 4.78 is 0. The van der Waals surface area contributed by atoms with Crippen molar-refractivity contribution in [2.75, 3.05) is 13.1 Å². The summed E-state index contributed by atoms with van der Waals surface area (Å²) in [5.41, 5.74) is 11.6. The van der Waals surface area contributed by atoms with Gasteiger partial charge in [-0.3, -0.25) is 4.79 Å². The summed E-state index contributed by atoms with van der Waals surface area (Å²) in [6, 6.07) is -0.979. The van der Waals surface area contributed by atoms with Crippen LogP contribution in [0.2, 0.25) is 0 Å². The van der Waals surface area contributed by atoms with Gasteiger partial charge < -0.3 is 21.5 Å². The minimum Gasteiger partial charge on any atom is -0.404 e. The molecule has 0 aromatic rings. The van der Waals surface area contributed by atoms with E-state index >= 15 is 0 Å². The Hall–Kier alpha value is -1.59. The minimum atomic E-state index is -1.10. The number of allylic oxidation sites excluding steroid dienone is 2. The zero-order chi connectivity index (χ0) is 13.5. The molecular weight excluding hydrogens is 230 g/mol. The number of nitrogens with zero attached hydrogens (tertiary/aromatic N) is 1. The SMILES string of the molecule is C=C/C=C\C(=C/N)[C@H](O)[C@@H](N)C(=O)N1CCCC1. The van der Waals surface area contributed by atoms with E-state index in [1.807, 2.05) is 0 Å². The zero-order valence-electron chi connectivity index (χ0n) is 10.5. The predicted octanol–water partition coefficient (Wildman–Crippen LogP) is -0.118. The Kier molecular flexibility index (Phi) is 5.61. The second kappa shape index (κ2) is 6.98. The third-order valence-electron chi connectivity index (χ3n) is 3.00. The van der Waals surface area contributed by atoms with Gasteiger partial charge in [-0.1, -0.05) is 24.8 Å². The van der Waals surface area contributed by atoms with Crippen molar-refractivity contribution in [1.29, 1.82) is 0 Å². The maximum Gasteiger partial charge on any atom is 0.242 e. The van der Waals surface area contributed by atoms with E-state index in [2.05, 4.69) is 6.58 Å². The van der Waals surface area contributed by atoms with E-state index in [9.17, 15) is 9.90 Å². The summed E-state index contributed by atoms with van der Waals surface area (Å²) in [6.07, 6.45) is 6.92. The lowest BCUT2D eigenvalue weighted by Gasteiger charge is -2.24. The molecular formula is C13H21N3O2. The van der Waals surface area contributed by atoms with Crippen LogP contribution in [0, 0.1) is 0 Å². The summed E-state index contributed by atoms with van der Waals surface area (Å²) >= 11 is 0. The normalized spacial score (nSPS) is 20.1. The fourth-order valence-corrected chi connectivity index (χ4v) is 1.92. The monoisotopic (exact) mass is 251 g/mol. The van der Waals surface area contributed by atoms with Crippen molar-refractivity contribution in [1.82, 2.24) is 4.90 Å². The molecule has 0 saturated carbocycles. The van der Waals surface area contributed by atoms with E-state index in [-0.39, 0.29) is 5.91 Å². The van der Waals surface area contributed by atoms with E-state index in [0.29, 0.717) is 18.7 Å². The van der Waals surface area contributed by atoms with E-state index in [4.69, 9.17) is 11.5 Å². The molecule has 0 aromatic heterocycles. The van der Waals surface area contributed by atoms with Crippen LogP contribution in [0.25, 0.3) is 0 Å². The summed E-state index contributed by atoms with van der Waals surface area (Å²) in [4.78, 5) is 13.7. The lowest BCUT2D eigenvalue weighted by molar-refractivity contribution is -0.133. The summed E-state index contributed by atoms with van der Waals surface area (Å²) in [6.45, 7) is 4.95. The van der Waals surface area contributed by atoms with Gasteiger partial charge in [-0.2, -0.15) is 0 Å². The molecule has 5 N–H and O–H groups in total. The van der Waals surface area contributed by atoms with Crippen LogP contribution in [0.15, 0.2) is 36.6 Å². The van der Waals surface area contributed by atoms with Gasteiger partial charge in [0.2, 0.25) is 5.91 Å². The lowest BCUT2D eigenvalue weighted by atomic mass is 10.0. The Morgan fingerprint density at radius 3 is 2.50 bits per heavy atom. The lowest BCUT2D eigenvalue weighted by Crippen LogP contribution is -2.49. The molecule has 2 atom stereocenters. The minimum absolute atomic E-state index is 0.230. The van der Waals surface area contributed by atoms with Crippen LogP contribution in [0.4, 0.5) is 0 Å². The van der Waals surface area contributed by atoms with Crippen LogP contribution in [0.5, 0.6) is 0 Å². The van der Waals surface area contributed by atoms with Crippen LogP contribution >= 0.6 is 0 Å². The van der Waals surface area contributed by atoms with Crippen LogP contribution in [0.3, 0.4) is 0 Å². The summed E-state index contributed by atoms with van der Waals surface area (Å²) in [7, 11) is 0. The molecule has 0 bridgehead atoms. The highest BCUT2D eigenvalue weighted by molar-refractivity contribution is 5.83. The third kappa shape index (κ3) is 3.45. The topological polar surface area (TPSA) is 92.6 Å². The van der Waals surface area contributed by atoms with Gasteiger partial charge >= 0.3 is 0 Å². The molecule has 1 aliphatic heterocycles. The number of carbonyl (C=O) groups is 1. The van der Waals surface area contributed by atoms with Crippen LogP contribution < -0.4 is 11.5 Å². The van der Waals surface area contributed by atoms with Gasteiger partial charge in [-0.25, -0.2) is 0 Å². The first-order chi connectivity index (χ1) is 8.61. The van der Waals surface area contributed by atoms with Crippen molar-refractivity contribution >= 4 is 5.91 Å². The van der Waals surface area contributed by atoms with E-state index in [1.165, 1.54) is 6.20 Å². The van der Waals surface area contributed by atoms with Gasteiger partial charge in [-0.05, 0) is 24.6 Å². The molecule has 0 radical (unpaired) electrons. The van der Waals surface area contributed by atoms with Crippen LogP contribution in [0.1, 0.15) is 12.8 Å². The maximum absolute atomic E-state index is 12.0. The van der Waals surface area contributed by atoms with Gasteiger partial charge in [-0.15, -0.1) is 0 Å². The highest BCUT2D eigenvalue weighted by Gasteiger charge is 2.29. The molecule has 5 nitrogen and oxygen atoms in total. The molecule has 1 rings (SSSR count). The standard InChI is InChI=1S/C13H21N3O2/c1-2-3-6-10(9-14)12(17)11(15)13(18)16-7-4-5-8-16/h2-3,6,9,11-12,17H,1,4-5,7-8,14-15H2/b6-3-,10-9+/t11-,12+/m1/s1. The van der Waals surface area contributed by atoms with Gasteiger partial charge in [0.05, 0.1) is 0 Å². The number of rotatable bonds is 5. The second-order valence-electron chi connectivity index (χ2n) is 4.26. The van der Waals surface area contributed by atoms with Gasteiger partial charge in [0.15, 0.2) is 0 Å². The quantitative estimate of drug-likeness (QED) is 0.594. The Morgan fingerprint density at radius 2 is 2.00 bits per heavy atom. The third-order valence-corrected chi connectivity index (χ3v) is 3.00. The first-order valence-corrected chi connectivity index (χ1v) is 6.05. The first kappa shape index (κ1) is 14.5. The Bertz CT molecular complexity index is 357. The molecule has 1 amide bonds. The number of hydrogen-bond donors (Lipinski definition) is 3. The maximum atomic E-state index is 12.0. The van der Waals surface area contributed by atoms with Crippen molar-refractivity contribution in [2.24, 2.45) is 11.5 Å². The molecule has 18 heavy (non-hydrogen) atoms. The van der Waals surface area contributed by atoms with Crippen molar-refractivity contribution < 1.29 is 9.90 Å². The van der Waals surface area contributed by atoms with Gasteiger partial charge in [0.1, 0.15) is 12.1 Å². The molecule has 100 valence electrons. The number of carbonyl (C=O) groups excluding carboxylic acids is 1. The summed E-state index contributed by atoms with van der Waals surface area (Å²) in [5.74, 6) is -0.230. The highest BCUT2D eigenvalue weighted by Crippen LogP contribution is 2.13. The van der Waals surface area contributed by atoms with Crippen LogP contribution in [-0.4, -0.2) is 41.1 Å². The van der Waals surface area contributed by atoms with Gasteiger partial charge in [0.25, 0.3) is 0 Å². The van der Waals surface area contributed by atoms with Crippen molar-refractivity contribution in [3.63, 3.8) is 0 Å². The fourth-order valence-electron chi connectivity index (χ4n) is 1.92. The first-order valence-electron chi connectivity index (χ1n) is 6.05. The van der Waals surface area contributed by atoms with Crippen molar-refractivity contribution in [2.45, 2.75) is 25.0 Å². The number of aliphatic hydroxyl groups is 1. The van der Waals surface area contributed by atoms with Crippen molar-refractivity contribution in [3.8, 4) is 0 Å². The van der Waals surface area contributed by atoms with E-state index in [1.54, 1.807) is 23.1 Å². The second-order valence-corrected chi connectivity index (χ2v) is 4.26. The molecule has 1 fully saturated rings. The van der Waals surface area contributed by atoms with Crippen LogP contribution in [-0.2, 0) is 4.79 Å². The predicted molar refractivity (Wildman–Crippen MR) is 71.4 cm³/mol. The van der Waals surface area contributed by atoms with E-state index in [0.717, 1.165) is 12.8 Å². The highest BCUT2D eigenvalue weighted by atomic mass is 16.3. The Balaban J connectivity index is 2.69. The molecule has 1 heterocycles. The molecule has 0 aromatic carbocycles. The number of aliphatic hydroxyl groups excluding tert-OH is 1. The fraction of sp³-hybridized carbons (Fsp3) is 0.462. The number of nitrogens with two attached hydrogens (primary N) is 2. The van der Waals surface area contributed by atoms with Gasteiger partial charge in [0, 0.05) is 13.1 Å². The number of amides is 1. The zero-order valence-corrected chi connectivity index (χ0v) is 10.5. The summed E-state index contributed by atoms with van der Waals surface area (Å²) in [5, 5.41) is 10.0. The smallest absolute Gasteiger partial charge is 0.242 e. The molecule has 0 spiro atoms. The molecule has 0 unspecified atom stereocenters.